The summed E-state index contributed by atoms with van der Waals surface area (Å²) in [4.78, 5) is 0. The first kappa shape index (κ1) is 59.7. The van der Waals surface area contributed by atoms with Crippen LogP contribution in [0.15, 0.2) is 0 Å². The van der Waals surface area contributed by atoms with Crippen molar-refractivity contribution in [3.8, 4) is 0 Å². The van der Waals surface area contributed by atoms with Gasteiger partial charge < -0.3 is 0 Å². The maximum Gasteiger partial charge on any atom is 0 e. The zero-order chi connectivity index (χ0) is 0. The molecular formula is H15AlBBiPbSiZn. The van der Waals surface area contributed by atoms with Gasteiger partial charge in [-0.2, -0.15) is 0 Å². The third kappa shape index (κ3) is 26.8. The van der Waals surface area contributed by atoms with Crippen molar-refractivity contribution in [2.75, 3.05) is 0 Å². The van der Waals surface area contributed by atoms with E-state index in [9.17, 15) is 0 Å². The van der Waals surface area contributed by atoms with Gasteiger partial charge in [0.15, 0.2) is 17.4 Å². The smallest absolute Gasteiger partial charge is 0 e. The molecule has 0 saturated heterocycles. The van der Waals surface area contributed by atoms with E-state index in [1.807, 2.05) is 0 Å². The van der Waals surface area contributed by atoms with Crippen LogP contribution in [0.1, 0.15) is 0 Å². The zero-order valence-corrected chi connectivity index (χ0v) is 16.1. The van der Waals surface area contributed by atoms with Gasteiger partial charge in [0.1, 0.15) is 0 Å². The average Bonchev–Trinajstić information content (AvgIpc) is 0. The molecule has 0 aliphatic heterocycles. The van der Waals surface area contributed by atoms with Crippen molar-refractivity contribution in [1.29, 1.82) is 0 Å². The molecule has 0 fully saturated rings. The molecule has 0 bridgehead atoms. The number of hydrogen-bond donors (Lipinski definition) is 0. The van der Waals surface area contributed by atoms with Crippen LogP contribution in [0.4, 0.5) is 0 Å². The summed E-state index contributed by atoms with van der Waals surface area (Å²) in [7, 11) is 0. The van der Waals surface area contributed by atoms with Gasteiger partial charge in [0.05, 0.1) is 8.41 Å². The molecule has 0 rings (SSSR count). The Bertz CT molecular complexity index is 15.5. The van der Waals surface area contributed by atoms with Gasteiger partial charge in [0.2, 0.25) is 0 Å². The molecule has 6 heteroatoms. The van der Waals surface area contributed by atoms with Gasteiger partial charge in [-0.25, -0.2) is 0 Å². The molecule has 0 aromatic heterocycles. The second-order valence-electron chi connectivity index (χ2n) is 0. The molecule has 0 aromatic rings. The standard InChI is InChI=1S/Al.BH3.Bi.Pb.H4Si.Zn.8H/h;1H3;;;1H4;;;;;;;;;. The SMILES string of the molecule is B.[AlH3].[BiH3].[PbH2].[SiH4].[Zn]. The number of rotatable bonds is 0. The fourth-order valence-corrected chi connectivity index (χ4v) is 0. The van der Waals surface area contributed by atoms with E-state index in [2.05, 4.69) is 0 Å². The Hall–Kier alpha value is 3.24. The summed E-state index contributed by atoms with van der Waals surface area (Å²) in [6.45, 7) is 0. The van der Waals surface area contributed by atoms with Gasteiger partial charge in [0.25, 0.3) is 0 Å². The van der Waals surface area contributed by atoms with Gasteiger partial charge in [-0.05, 0) is 11.0 Å². The third-order valence-corrected chi connectivity index (χ3v) is 0. The Morgan fingerprint density at radius 1 is 1.00 bits per heavy atom. The van der Waals surface area contributed by atoms with Crippen molar-refractivity contribution in [2.45, 2.75) is 0 Å². The van der Waals surface area contributed by atoms with Crippen LogP contribution in [0.2, 0.25) is 0 Å². The van der Waals surface area contributed by atoms with Gasteiger partial charge in [-0.15, -0.1) is 0 Å². The largest absolute Gasteiger partial charge is 0.0149 e. The maximum absolute atomic E-state index is 0. The van der Waals surface area contributed by atoms with Crippen LogP contribution in [0, 0.1) is 0 Å². The molecule has 0 N–H and O–H groups in total. The number of hydrogen-bond acceptors (Lipinski definition) is 0. The van der Waals surface area contributed by atoms with Crippen molar-refractivity contribution in [3.63, 3.8) is 0 Å². The second kappa shape index (κ2) is 41.1. The summed E-state index contributed by atoms with van der Waals surface area (Å²) in [5.74, 6) is 0. The monoisotopic (exact) mass is 562 g/mol. The second-order valence-corrected chi connectivity index (χ2v) is 0. The predicted octanol–water partition coefficient (Wildman–Crippen LogP) is -5.92. The molecule has 36 valence electrons. The summed E-state index contributed by atoms with van der Waals surface area (Å²) in [5.41, 5.74) is 0. The van der Waals surface area contributed by atoms with Crippen LogP contribution in [-0.2, 0) is 19.5 Å². The molecule has 0 aliphatic rings. The minimum atomic E-state index is 0. The van der Waals surface area contributed by atoms with Crippen molar-refractivity contribution < 1.29 is 19.5 Å². The zero-order valence-electron chi connectivity index (χ0n) is 2.12. The molecule has 0 spiro atoms. The van der Waals surface area contributed by atoms with Gasteiger partial charge >= 0.3 is 53.5 Å². The molecule has 0 amide bonds. The van der Waals surface area contributed by atoms with Crippen molar-refractivity contribution in [2.24, 2.45) is 0 Å². The first-order chi connectivity index (χ1) is 0. The van der Waals surface area contributed by atoms with Crippen LogP contribution in [0.3, 0.4) is 0 Å². The van der Waals surface area contributed by atoms with E-state index in [1.54, 1.807) is 0 Å². The predicted molar refractivity (Wildman–Crippen MR) is 49.7 cm³/mol. The molecule has 0 atom stereocenters. The summed E-state index contributed by atoms with van der Waals surface area (Å²) < 4.78 is 0. The van der Waals surface area contributed by atoms with Crippen LogP contribution >= 0.6 is 0 Å². The van der Waals surface area contributed by atoms with E-state index in [4.69, 9.17) is 0 Å². The molecule has 0 aliphatic carbocycles. The summed E-state index contributed by atoms with van der Waals surface area (Å²) in [6, 6.07) is 0. The van der Waals surface area contributed by atoms with E-state index < -0.39 is 0 Å². The summed E-state index contributed by atoms with van der Waals surface area (Å²) >= 11 is 0. The van der Waals surface area contributed by atoms with Crippen LogP contribution < -0.4 is 0 Å². The topological polar surface area (TPSA) is 0 Å². The Kier molecular flexibility index (Phi) is 409. The molecule has 0 nitrogen and oxygen atoms in total. The third-order valence-electron chi connectivity index (χ3n) is 0. The molecule has 0 aromatic carbocycles. The van der Waals surface area contributed by atoms with Crippen LogP contribution in [-0.4, -0.2) is 90.2 Å². The molecular weight excluding hydrogens is 547 g/mol. The van der Waals surface area contributed by atoms with Gasteiger partial charge in [0, 0.05) is 19.5 Å². The van der Waals surface area contributed by atoms with Gasteiger partial charge in [-0.1, -0.05) is 0 Å². The fraction of sp³-hybridized carbons (Fsp3) is 0. The minimum absolute atomic E-state index is 0. The van der Waals surface area contributed by atoms with Crippen LogP contribution in [0.25, 0.3) is 0 Å². The maximum atomic E-state index is 0. The molecule has 0 heterocycles. The quantitative estimate of drug-likeness (QED) is 0.258. The van der Waals surface area contributed by atoms with E-state index in [0.717, 1.165) is 0 Å². The fourth-order valence-electron chi connectivity index (χ4n) is 0. The van der Waals surface area contributed by atoms with E-state index in [-0.39, 0.29) is 110 Å². The Balaban J connectivity index is 0. The first-order valence-electron chi connectivity index (χ1n) is 0. The molecule has 0 saturated carbocycles. The van der Waals surface area contributed by atoms with Crippen molar-refractivity contribution in [1.82, 2.24) is 0 Å². The molecule has 6 heavy (non-hydrogen) atoms. The average molecular weight is 563 g/mol. The van der Waals surface area contributed by atoms with Gasteiger partial charge in [-0.3, -0.25) is 0 Å². The summed E-state index contributed by atoms with van der Waals surface area (Å²) in [6.07, 6.45) is 0. The molecule has 0 unspecified atom stereocenters. The Labute approximate surface area is 108 Å². The Morgan fingerprint density at radius 3 is 1.00 bits per heavy atom. The van der Waals surface area contributed by atoms with E-state index in [0.29, 0.717) is 0 Å². The Morgan fingerprint density at radius 2 is 1.00 bits per heavy atom. The summed E-state index contributed by atoms with van der Waals surface area (Å²) in [5, 5.41) is 0. The van der Waals surface area contributed by atoms with Crippen molar-refractivity contribution in [3.05, 3.63) is 0 Å². The van der Waals surface area contributed by atoms with Crippen LogP contribution in [0.5, 0.6) is 0 Å². The first-order valence-corrected chi connectivity index (χ1v) is 0. The van der Waals surface area contributed by atoms with Crippen molar-refractivity contribution >= 4 is 90.2 Å². The minimum Gasteiger partial charge on any atom is -0.0149 e. The normalized spacial score (nSPS) is 0. The molecule has 2 radical (unpaired) electrons. The van der Waals surface area contributed by atoms with E-state index >= 15 is 0 Å². The van der Waals surface area contributed by atoms with E-state index in [1.165, 1.54) is 0 Å².